The van der Waals surface area contributed by atoms with E-state index >= 15 is 0 Å². The fourth-order valence-corrected chi connectivity index (χ4v) is 3.72. The van der Waals surface area contributed by atoms with E-state index in [1.165, 1.54) is 20.8 Å². The van der Waals surface area contributed by atoms with Gasteiger partial charge in [0.15, 0.2) is 5.69 Å². The van der Waals surface area contributed by atoms with Gasteiger partial charge in [0.25, 0.3) is 6.43 Å². The van der Waals surface area contributed by atoms with Crippen molar-refractivity contribution in [3.63, 3.8) is 0 Å². The standard InChI is InChI=1S/C17H22F5NO3S/c1-6-26-16(24)11-10(7-8(2)3)13(27(25)9(4)5)12(15(18)19)23-14(11)17(20,21)22/h8-9,15H,6-7H2,1-5H3. The normalized spacial score (nSPS) is 13.5. The zero-order chi connectivity index (χ0) is 21.1. The van der Waals surface area contributed by atoms with Gasteiger partial charge in [0.05, 0.1) is 27.9 Å². The van der Waals surface area contributed by atoms with Crippen molar-refractivity contribution in [2.75, 3.05) is 6.61 Å². The molecule has 1 unspecified atom stereocenters. The monoisotopic (exact) mass is 415 g/mol. The van der Waals surface area contributed by atoms with E-state index in [2.05, 4.69) is 4.98 Å². The van der Waals surface area contributed by atoms with Crippen molar-refractivity contribution in [3.05, 3.63) is 22.5 Å². The van der Waals surface area contributed by atoms with E-state index in [1.54, 1.807) is 13.8 Å². The lowest BCUT2D eigenvalue weighted by Gasteiger charge is -2.23. The van der Waals surface area contributed by atoms with E-state index in [9.17, 15) is 31.0 Å². The summed E-state index contributed by atoms with van der Waals surface area (Å²) < 4.78 is 85.0. The maximum Gasteiger partial charge on any atom is 0.434 e. The molecule has 1 aromatic heterocycles. The molecule has 1 atom stereocenters. The molecule has 4 nitrogen and oxygen atoms in total. The molecule has 0 bridgehead atoms. The fourth-order valence-electron chi connectivity index (χ4n) is 2.48. The Labute approximate surface area is 157 Å². The summed E-state index contributed by atoms with van der Waals surface area (Å²) in [5.74, 6) is -1.62. The summed E-state index contributed by atoms with van der Waals surface area (Å²) in [6.45, 7) is 7.44. The lowest BCUT2D eigenvalue weighted by atomic mass is 9.95. The summed E-state index contributed by atoms with van der Waals surface area (Å²) >= 11 is 0. The van der Waals surface area contributed by atoms with Crippen LogP contribution in [0.2, 0.25) is 0 Å². The molecule has 1 aromatic rings. The minimum atomic E-state index is -5.16. The number of alkyl halides is 5. The van der Waals surface area contributed by atoms with E-state index in [0.29, 0.717) is 0 Å². The van der Waals surface area contributed by atoms with Crippen LogP contribution in [0.25, 0.3) is 0 Å². The largest absolute Gasteiger partial charge is 0.462 e. The van der Waals surface area contributed by atoms with E-state index < -0.39 is 56.5 Å². The molecule has 0 aromatic carbocycles. The Morgan fingerprint density at radius 3 is 2.11 bits per heavy atom. The van der Waals surface area contributed by atoms with Gasteiger partial charge in [0.2, 0.25) is 0 Å². The van der Waals surface area contributed by atoms with Gasteiger partial charge in [-0.25, -0.2) is 18.6 Å². The highest BCUT2D eigenvalue weighted by Crippen LogP contribution is 2.39. The predicted molar refractivity (Wildman–Crippen MR) is 90.2 cm³/mol. The Kier molecular flexibility index (Phi) is 7.88. The number of aromatic nitrogens is 1. The molecule has 10 heteroatoms. The second-order valence-electron chi connectivity index (χ2n) is 6.49. The number of ether oxygens (including phenoxy) is 1. The summed E-state index contributed by atoms with van der Waals surface area (Å²) in [4.78, 5) is 14.8. The molecule has 0 fully saturated rings. The fraction of sp³-hybridized carbons (Fsp3) is 0.647. The average Bonchev–Trinajstić information content (AvgIpc) is 2.51. The summed E-state index contributed by atoms with van der Waals surface area (Å²) in [7, 11) is -2.08. The number of hydrogen-bond donors (Lipinski definition) is 0. The first-order chi connectivity index (χ1) is 12.3. The molecule has 154 valence electrons. The molecule has 0 saturated carbocycles. The predicted octanol–water partition coefficient (Wildman–Crippen LogP) is 4.93. The van der Waals surface area contributed by atoms with E-state index in [-0.39, 0.29) is 24.5 Å². The molecule has 27 heavy (non-hydrogen) atoms. The topological polar surface area (TPSA) is 56.3 Å². The Morgan fingerprint density at radius 1 is 1.19 bits per heavy atom. The summed E-state index contributed by atoms with van der Waals surface area (Å²) in [5, 5.41) is -0.665. The Bertz CT molecular complexity index is 718. The third-order valence-corrected chi connectivity index (χ3v) is 5.19. The molecule has 0 aliphatic carbocycles. The van der Waals surface area contributed by atoms with Crippen molar-refractivity contribution >= 4 is 16.8 Å². The number of pyridine rings is 1. The molecule has 1 rings (SSSR count). The van der Waals surface area contributed by atoms with Crippen LogP contribution < -0.4 is 0 Å². The van der Waals surface area contributed by atoms with Gasteiger partial charge in [0.1, 0.15) is 5.69 Å². The SMILES string of the molecule is CCOC(=O)c1c(C(F)(F)F)nc(C(F)F)c(S(=O)C(C)C)c1CC(C)C. The third kappa shape index (κ3) is 5.46. The molecular formula is C17H22F5NO3S. The van der Waals surface area contributed by atoms with Crippen molar-refractivity contribution in [1.82, 2.24) is 4.98 Å². The zero-order valence-electron chi connectivity index (χ0n) is 15.6. The molecule has 0 N–H and O–H groups in total. The highest BCUT2D eigenvalue weighted by Gasteiger charge is 2.43. The van der Waals surface area contributed by atoms with Crippen molar-refractivity contribution in [3.8, 4) is 0 Å². The smallest absolute Gasteiger partial charge is 0.434 e. The highest BCUT2D eigenvalue weighted by molar-refractivity contribution is 7.85. The molecule has 0 amide bonds. The van der Waals surface area contributed by atoms with E-state index in [4.69, 9.17) is 4.74 Å². The highest BCUT2D eigenvalue weighted by atomic mass is 32.2. The van der Waals surface area contributed by atoms with Gasteiger partial charge in [-0.3, -0.25) is 4.21 Å². The van der Waals surface area contributed by atoms with Gasteiger partial charge in [-0.05, 0) is 24.8 Å². The van der Waals surface area contributed by atoms with Crippen molar-refractivity contribution < 1.29 is 35.7 Å². The van der Waals surface area contributed by atoms with Gasteiger partial charge in [-0.1, -0.05) is 27.7 Å². The van der Waals surface area contributed by atoms with Crippen LogP contribution in [0.4, 0.5) is 22.0 Å². The maximum atomic E-state index is 13.5. The Balaban J connectivity index is 4.08. The third-order valence-electron chi connectivity index (χ3n) is 3.47. The van der Waals surface area contributed by atoms with Crippen molar-refractivity contribution in [2.45, 2.75) is 63.8 Å². The van der Waals surface area contributed by atoms with Crippen molar-refractivity contribution in [2.24, 2.45) is 5.92 Å². The van der Waals surface area contributed by atoms with Crippen LogP contribution >= 0.6 is 0 Å². The van der Waals surface area contributed by atoms with E-state index in [0.717, 1.165) is 0 Å². The molecule has 0 radical (unpaired) electrons. The van der Waals surface area contributed by atoms with Gasteiger partial charge in [-0.2, -0.15) is 13.2 Å². The van der Waals surface area contributed by atoms with Gasteiger partial charge < -0.3 is 4.74 Å². The number of carbonyl (C=O) groups is 1. The number of esters is 1. The minimum Gasteiger partial charge on any atom is -0.462 e. The van der Waals surface area contributed by atoms with Crippen LogP contribution in [0.3, 0.4) is 0 Å². The zero-order valence-corrected chi connectivity index (χ0v) is 16.4. The molecule has 0 aliphatic rings. The van der Waals surface area contributed by atoms with Crippen LogP contribution in [0, 0.1) is 5.92 Å². The van der Waals surface area contributed by atoms with Crippen molar-refractivity contribution in [1.29, 1.82) is 0 Å². The Morgan fingerprint density at radius 2 is 1.74 bits per heavy atom. The average molecular weight is 415 g/mol. The quantitative estimate of drug-likeness (QED) is 0.468. The van der Waals surface area contributed by atoms with Crippen LogP contribution in [-0.2, 0) is 28.1 Å². The minimum absolute atomic E-state index is 0.159. The number of hydrogen-bond acceptors (Lipinski definition) is 4. The maximum absolute atomic E-state index is 13.5. The van der Waals surface area contributed by atoms with E-state index in [1.807, 2.05) is 0 Å². The number of halogens is 5. The first-order valence-electron chi connectivity index (χ1n) is 8.32. The number of rotatable bonds is 7. The summed E-state index contributed by atoms with van der Waals surface area (Å²) in [6.07, 6.45) is -8.70. The molecule has 0 aliphatic heterocycles. The lowest BCUT2D eigenvalue weighted by molar-refractivity contribution is -0.142. The number of nitrogens with zero attached hydrogens (tertiary/aromatic N) is 1. The molecule has 0 saturated heterocycles. The lowest BCUT2D eigenvalue weighted by Crippen LogP contribution is -2.25. The van der Waals surface area contributed by atoms with Gasteiger partial charge in [-0.15, -0.1) is 0 Å². The summed E-state index contributed by atoms with van der Waals surface area (Å²) in [6, 6.07) is 0. The van der Waals surface area contributed by atoms with Crippen LogP contribution in [0.5, 0.6) is 0 Å². The Hall–Kier alpha value is -1.58. The van der Waals surface area contributed by atoms with Gasteiger partial charge >= 0.3 is 12.1 Å². The van der Waals surface area contributed by atoms with Gasteiger partial charge in [0, 0.05) is 5.25 Å². The number of carbonyl (C=O) groups excluding carboxylic acids is 1. The first kappa shape index (κ1) is 23.5. The first-order valence-corrected chi connectivity index (χ1v) is 9.53. The van der Waals surface area contributed by atoms with Crippen LogP contribution in [0.15, 0.2) is 4.90 Å². The van der Waals surface area contributed by atoms with Crippen LogP contribution in [0.1, 0.15) is 68.4 Å². The molecule has 0 spiro atoms. The van der Waals surface area contributed by atoms with Crippen LogP contribution in [-0.4, -0.2) is 27.0 Å². The molecular weight excluding hydrogens is 393 g/mol. The summed E-state index contributed by atoms with van der Waals surface area (Å²) in [5.41, 5.74) is -4.23. The second-order valence-corrected chi connectivity index (χ2v) is 8.44. The molecule has 1 heterocycles. The second kappa shape index (κ2) is 9.07.